The minimum absolute atomic E-state index is 0.180. The van der Waals surface area contributed by atoms with Gasteiger partial charge in [0.2, 0.25) is 0 Å². The van der Waals surface area contributed by atoms with Crippen molar-refractivity contribution in [1.29, 1.82) is 0 Å². The number of halogens is 4. The predicted molar refractivity (Wildman–Crippen MR) is 93.8 cm³/mol. The van der Waals surface area contributed by atoms with Gasteiger partial charge in [-0.25, -0.2) is 17.6 Å². The number of anilines is 1. The molecule has 2 aromatic rings. The Bertz CT molecular complexity index is 776. The number of rotatable bonds is 4. The second kappa shape index (κ2) is 8.03. The number of hydrogen-bond acceptors (Lipinski definition) is 2. The monoisotopic (exact) mass is 386 g/mol. The molecule has 0 bridgehead atoms. The summed E-state index contributed by atoms with van der Waals surface area (Å²) in [5.41, 5.74) is -0.722. The molecule has 0 aliphatic heterocycles. The normalized spacial score (nSPS) is 15.1. The first-order valence-electron chi connectivity index (χ1n) is 8.37. The predicted octanol–water partition coefficient (Wildman–Crippen LogP) is 4.11. The van der Waals surface area contributed by atoms with Crippen molar-refractivity contribution in [1.82, 2.24) is 15.1 Å². The van der Waals surface area contributed by atoms with Gasteiger partial charge in [0, 0.05) is 24.4 Å². The molecule has 1 aliphatic carbocycles. The molecule has 1 heterocycles. The second-order valence-electron chi connectivity index (χ2n) is 6.28. The fourth-order valence-corrected chi connectivity index (χ4v) is 3.30. The van der Waals surface area contributed by atoms with E-state index >= 15 is 0 Å². The molecule has 0 saturated heterocycles. The largest absolute Gasteiger partial charge is 0.360 e. The van der Waals surface area contributed by atoms with Crippen molar-refractivity contribution in [3.05, 3.63) is 47.2 Å². The van der Waals surface area contributed by atoms with Crippen LogP contribution in [0.15, 0.2) is 18.3 Å². The summed E-state index contributed by atoms with van der Waals surface area (Å²) >= 11 is 5.24. The highest BCUT2D eigenvalue weighted by Crippen LogP contribution is 2.21. The van der Waals surface area contributed by atoms with E-state index in [1.807, 2.05) is 0 Å². The van der Waals surface area contributed by atoms with E-state index < -0.39 is 35.4 Å². The maximum Gasteiger partial charge on any atom is 0.172 e. The average Bonchev–Trinajstić information content (AvgIpc) is 3.04. The zero-order valence-corrected chi connectivity index (χ0v) is 14.7. The van der Waals surface area contributed by atoms with E-state index in [0.29, 0.717) is 17.0 Å². The van der Waals surface area contributed by atoms with Crippen molar-refractivity contribution in [3.8, 4) is 0 Å². The molecule has 3 rings (SSSR count). The Morgan fingerprint density at radius 3 is 2.42 bits per heavy atom. The Labute approximate surface area is 153 Å². The molecule has 140 valence electrons. The van der Waals surface area contributed by atoms with Crippen LogP contribution >= 0.6 is 12.2 Å². The van der Waals surface area contributed by atoms with Crippen LogP contribution in [0.2, 0.25) is 0 Å². The fourth-order valence-electron chi connectivity index (χ4n) is 3.02. The number of nitrogens with zero attached hydrogens (tertiary/aromatic N) is 2. The van der Waals surface area contributed by atoms with E-state index in [1.54, 1.807) is 6.07 Å². The SMILES string of the molecule is Fc1cc(F)c(F)c(Cn2ccc(NC(=S)NC3CCCCC3)n2)c1F. The number of aromatic nitrogens is 2. The molecule has 0 spiro atoms. The molecular formula is C17H18F4N4S. The number of benzene rings is 1. The number of nitrogens with one attached hydrogen (secondary N) is 2. The van der Waals surface area contributed by atoms with E-state index in [9.17, 15) is 17.6 Å². The molecule has 1 aromatic heterocycles. The summed E-state index contributed by atoms with van der Waals surface area (Å²) in [4.78, 5) is 0. The standard InChI is InChI=1S/C17H18F4N4S/c18-12-8-13(19)16(21)11(15(12)20)9-25-7-6-14(24-25)23-17(26)22-10-4-2-1-3-5-10/h6-8,10H,1-5,9H2,(H2,22,23,24,26). The Morgan fingerprint density at radius 2 is 1.77 bits per heavy atom. The third-order valence-corrected chi connectivity index (χ3v) is 4.57. The van der Waals surface area contributed by atoms with Crippen molar-refractivity contribution in [2.45, 2.75) is 44.7 Å². The molecule has 1 aliphatic rings. The lowest BCUT2D eigenvalue weighted by Crippen LogP contribution is -2.38. The van der Waals surface area contributed by atoms with E-state index in [1.165, 1.54) is 17.3 Å². The van der Waals surface area contributed by atoms with Gasteiger partial charge in [0.1, 0.15) is 0 Å². The van der Waals surface area contributed by atoms with Crippen LogP contribution in [0.4, 0.5) is 23.4 Å². The van der Waals surface area contributed by atoms with Crippen LogP contribution in [0.3, 0.4) is 0 Å². The van der Waals surface area contributed by atoms with Crippen LogP contribution in [0.5, 0.6) is 0 Å². The number of thiocarbonyl (C=S) groups is 1. The van der Waals surface area contributed by atoms with Crippen molar-refractivity contribution < 1.29 is 17.6 Å². The Morgan fingerprint density at radius 1 is 1.12 bits per heavy atom. The Hall–Kier alpha value is -2.16. The highest BCUT2D eigenvalue weighted by atomic mass is 32.1. The smallest absolute Gasteiger partial charge is 0.172 e. The van der Waals surface area contributed by atoms with E-state index in [-0.39, 0.29) is 6.07 Å². The zero-order chi connectivity index (χ0) is 18.7. The summed E-state index contributed by atoms with van der Waals surface area (Å²) < 4.78 is 55.2. The maximum atomic E-state index is 13.7. The Kier molecular flexibility index (Phi) is 5.75. The van der Waals surface area contributed by atoms with Crippen LogP contribution < -0.4 is 10.6 Å². The molecule has 0 unspecified atom stereocenters. The minimum atomic E-state index is -1.44. The third-order valence-electron chi connectivity index (χ3n) is 4.35. The minimum Gasteiger partial charge on any atom is -0.360 e. The van der Waals surface area contributed by atoms with E-state index in [0.717, 1.165) is 25.7 Å². The molecule has 26 heavy (non-hydrogen) atoms. The van der Waals surface area contributed by atoms with Gasteiger partial charge < -0.3 is 10.6 Å². The molecule has 1 saturated carbocycles. The van der Waals surface area contributed by atoms with Gasteiger partial charge >= 0.3 is 0 Å². The second-order valence-corrected chi connectivity index (χ2v) is 6.69. The maximum absolute atomic E-state index is 13.7. The van der Waals surface area contributed by atoms with Crippen LogP contribution in [0.25, 0.3) is 0 Å². The van der Waals surface area contributed by atoms with Crippen molar-refractivity contribution in [2.75, 3.05) is 5.32 Å². The summed E-state index contributed by atoms with van der Waals surface area (Å²) in [5.74, 6) is -5.37. The average molecular weight is 386 g/mol. The summed E-state index contributed by atoms with van der Waals surface area (Å²) in [6, 6.07) is 2.06. The van der Waals surface area contributed by atoms with Gasteiger partial charge in [-0.15, -0.1) is 0 Å². The van der Waals surface area contributed by atoms with Crippen molar-refractivity contribution in [2.24, 2.45) is 0 Å². The Balaban J connectivity index is 1.64. The highest BCUT2D eigenvalue weighted by molar-refractivity contribution is 7.80. The highest BCUT2D eigenvalue weighted by Gasteiger charge is 2.20. The van der Waals surface area contributed by atoms with Gasteiger partial charge in [0.05, 0.1) is 12.1 Å². The first-order valence-corrected chi connectivity index (χ1v) is 8.77. The third kappa shape index (κ3) is 4.32. The molecule has 0 radical (unpaired) electrons. The van der Waals surface area contributed by atoms with Crippen LogP contribution in [0, 0.1) is 23.3 Å². The van der Waals surface area contributed by atoms with Crippen molar-refractivity contribution in [3.63, 3.8) is 0 Å². The van der Waals surface area contributed by atoms with E-state index in [4.69, 9.17) is 12.2 Å². The molecule has 1 fully saturated rings. The molecule has 0 atom stereocenters. The number of hydrogen-bond donors (Lipinski definition) is 2. The van der Waals surface area contributed by atoms with Crippen LogP contribution in [0.1, 0.15) is 37.7 Å². The van der Waals surface area contributed by atoms with Gasteiger partial charge in [-0.1, -0.05) is 19.3 Å². The quantitative estimate of drug-likeness (QED) is 0.472. The molecule has 0 amide bonds. The van der Waals surface area contributed by atoms with Gasteiger partial charge in [-0.2, -0.15) is 5.10 Å². The molecule has 1 aromatic carbocycles. The van der Waals surface area contributed by atoms with Crippen LogP contribution in [-0.2, 0) is 6.54 Å². The summed E-state index contributed by atoms with van der Waals surface area (Å²) in [6.07, 6.45) is 7.11. The molecule has 4 nitrogen and oxygen atoms in total. The van der Waals surface area contributed by atoms with Gasteiger partial charge in [0.15, 0.2) is 34.2 Å². The fraction of sp³-hybridized carbons (Fsp3) is 0.412. The zero-order valence-electron chi connectivity index (χ0n) is 13.9. The lowest BCUT2D eigenvalue weighted by atomic mass is 9.96. The first kappa shape index (κ1) is 18.6. The lowest BCUT2D eigenvalue weighted by molar-refractivity contribution is 0.414. The molecule has 2 N–H and O–H groups in total. The summed E-state index contributed by atoms with van der Waals surface area (Å²) in [5, 5.41) is 10.6. The topological polar surface area (TPSA) is 41.9 Å². The van der Waals surface area contributed by atoms with E-state index in [2.05, 4.69) is 15.7 Å². The van der Waals surface area contributed by atoms with Gasteiger partial charge in [0.25, 0.3) is 0 Å². The lowest BCUT2D eigenvalue weighted by Gasteiger charge is -2.24. The molecule has 9 heteroatoms. The van der Waals surface area contributed by atoms with Crippen LogP contribution in [-0.4, -0.2) is 20.9 Å². The molecular weight excluding hydrogens is 368 g/mol. The van der Waals surface area contributed by atoms with Gasteiger partial charge in [-0.05, 0) is 25.1 Å². The van der Waals surface area contributed by atoms with Gasteiger partial charge in [-0.3, -0.25) is 4.68 Å². The van der Waals surface area contributed by atoms with Crippen molar-refractivity contribution >= 4 is 23.1 Å². The summed E-state index contributed by atoms with van der Waals surface area (Å²) in [6.45, 7) is -0.448. The first-order chi connectivity index (χ1) is 12.4. The summed E-state index contributed by atoms with van der Waals surface area (Å²) in [7, 11) is 0.